The van der Waals surface area contributed by atoms with Crippen molar-refractivity contribution < 1.29 is 14.6 Å². The summed E-state index contributed by atoms with van der Waals surface area (Å²) in [6, 6.07) is 4.92. The zero-order chi connectivity index (χ0) is 15.0. The first-order valence-electron chi connectivity index (χ1n) is 6.66. The Kier molecular flexibility index (Phi) is 3.21. The molecule has 108 valence electrons. The summed E-state index contributed by atoms with van der Waals surface area (Å²) in [4.78, 5) is 27.3. The Morgan fingerprint density at radius 3 is 2.86 bits per heavy atom. The average molecular weight is 286 g/mol. The number of aromatic nitrogens is 2. The van der Waals surface area contributed by atoms with Crippen LogP contribution in [0.4, 0.5) is 0 Å². The number of hydrogen-bond donors (Lipinski definition) is 1. The van der Waals surface area contributed by atoms with Crippen molar-refractivity contribution in [3.8, 4) is 11.6 Å². The maximum Gasteiger partial charge on any atom is 0.336 e. The van der Waals surface area contributed by atoms with Gasteiger partial charge in [0.25, 0.3) is 5.88 Å². The monoisotopic (exact) mass is 286 g/mol. The van der Waals surface area contributed by atoms with Crippen LogP contribution in [0.5, 0.6) is 11.6 Å². The van der Waals surface area contributed by atoms with Gasteiger partial charge in [0.2, 0.25) is 0 Å². The maximum absolute atomic E-state index is 12.2. The van der Waals surface area contributed by atoms with Crippen molar-refractivity contribution in [2.45, 2.75) is 25.8 Å². The Labute approximate surface area is 120 Å². The molecule has 0 bridgehead atoms. The number of aromatic carboxylic acids is 1. The van der Waals surface area contributed by atoms with Gasteiger partial charge in [-0.05, 0) is 31.9 Å². The van der Waals surface area contributed by atoms with Crippen molar-refractivity contribution >= 4 is 5.97 Å². The fourth-order valence-corrected chi connectivity index (χ4v) is 2.18. The molecule has 1 aromatic heterocycles. The molecule has 1 saturated carbocycles. The van der Waals surface area contributed by atoms with Crippen LogP contribution in [0.1, 0.15) is 34.8 Å². The zero-order valence-electron chi connectivity index (χ0n) is 11.4. The van der Waals surface area contributed by atoms with Crippen molar-refractivity contribution in [2.24, 2.45) is 0 Å². The molecule has 0 aliphatic heterocycles. The Bertz CT molecular complexity index is 763. The molecule has 1 fully saturated rings. The highest BCUT2D eigenvalue weighted by Gasteiger charge is 2.26. The van der Waals surface area contributed by atoms with E-state index in [1.807, 2.05) is 0 Å². The second-order valence-corrected chi connectivity index (χ2v) is 5.01. The topological polar surface area (TPSA) is 81.4 Å². The number of benzene rings is 1. The van der Waals surface area contributed by atoms with Crippen LogP contribution in [0, 0.1) is 6.92 Å². The van der Waals surface area contributed by atoms with E-state index in [1.54, 1.807) is 29.8 Å². The molecule has 1 aromatic carbocycles. The van der Waals surface area contributed by atoms with Crippen LogP contribution >= 0.6 is 0 Å². The second-order valence-electron chi connectivity index (χ2n) is 5.01. The first kappa shape index (κ1) is 13.4. The van der Waals surface area contributed by atoms with Crippen LogP contribution in [0.15, 0.2) is 35.4 Å². The summed E-state index contributed by atoms with van der Waals surface area (Å²) < 4.78 is 7.15. The van der Waals surface area contributed by atoms with Gasteiger partial charge in [-0.15, -0.1) is 0 Å². The normalized spacial score (nSPS) is 14.0. The molecule has 1 heterocycles. The standard InChI is InChI=1S/C15H14N2O4/c1-9-11(15(19)20)3-2-4-12(9)21-13-14(18)17(8-7-16-13)10-5-6-10/h2-4,7-8,10H,5-6H2,1H3,(H,19,20). The van der Waals surface area contributed by atoms with E-state index in [-0.39, 0.29) is 23.0 Å². The van der Waals surface area contributed by atoms with Crippen LogP contribution in [0.2, 0.25) is 0 Å². The number of carbonyl (C=O) groups is 1. The van der Waals surface area contributed by atoms with Crippen LogP contribution in [0.25, 0.3) is 0 Å². The molecular formula is C15H14N2O4. The molecule has 1 aliphatic carbocycles. The first-order valence-corrected chi connectivity index (χ1v) is 6.66. The fourth-order valence-electron chi connectivity index (χ4n) is 2.18. The Balaban J connectivity index is 1.98. The molecule has 1 N–H and O–H groups in total. The fraction of sp³-hybridized carbons (Fsp3) is 0.267. The lowest BCUT2D eigenvalue weighted by Gasteiger charge is -2.10. The molecule has 0 atom stereocenters. The highest BCUT2D eigenvalue weighted by Crippen LogP contribution is 2.33. The van der Waals surface area contributed by atoms with Crippen molar-refractivity contribution in [1.29, 1.82) is 0 Å². The molecule has 0 spiro atoms. The lowest BCUT2D eigenvalue weighted by Crippen LogP contribution is -2.20. The van der Waals surface area contributed by atoms with Gasteiger partial charge in [-0.2, -0.15) is 0 Å². The second kappa shape index (κ2) is 5.05. The van der Waals surface area contributed by atoms with E-state index in [1.165, 1.54) is 12.3 Å². The number of ether oxygens (including phenoxy) is 1. The van der Waals surface area contributed by atoms with Gasteiger partial charge in [0, 0.05) is 24.0 Å². The number of carboxylic acid groups (broad SMARTS) is 1. The van der Waals surface area contributed by atoms with Gasteiger partial charge < -0.3 is 14.4 Å². The SMILES string of the molecule is Cc1c(Oc2nccn(C3CC3)c2=O)cccc1C(=O)O. The molecule has 2 aromatic rings. The molecule has 0 radical (unpaired) electrons. The number of carboxylic acids is 1. The van der Waals surface area contributed by atoms with Crippen LogP contribution < -0.4 is 10.3 Å². The quantitative estimate of drug-likeness (QED) is 0.933. The number of nitrogens with zero attached hydrogens (tertiary/aromatic N) is 2. The average Bonchev–Trinajstić information content (AvgIpc) is 3.27. The van der Waals surface area contributed by atoms with E-state index in [4.69, 9.17) is 9.84 Å². The predicted molar refractivity (Wildman–Crippen MR) is 75.0 cm³/mol. The highest BCUT2D eigenvalue weighted by molar-refractivity contribution is 5.90. The summed E-state index contributed by atoms with van der Waals surface area (Å²) in [5, 5.41) is 9.10. The minimum Gasteiger partial charge on any atom is -0.478 e. The van der Waals surface area contributed by atoms with Crippen molar-refractivity contribution in [3.63, 3.8) is 0 Å². The first-order chi connectivity index (χ1) is 10.1. The van der Waals surface area contributed by atoms with E-state index in [0.717, 1.165) is 12.8 Å². The lowest BCUT2D eigenvalue weighted by atomic mass is 10.1. The van der Waals surface area contributed by atoms with Crippen LogP contribution in [-0.4, -0.2) is 20.6 Å². The van der Waals surface area contributed by atoms with Gasteiger partial charge in [-0.3, -0.25) is 4.79 Å². The van der Waals surface area contributed by atoms with E-state index in [0.29, 0.717) is 11.3 Å². The summed E-state index contributed by atoms with van der Waals surface area (Å²) in [6.45, 7) is 1.64. The molecule has 21 heavy (non-hydrogen) atoms. The summed E-state index contributed by atoms with van der Waals surface area (Å²) >= 11 is 0. The van der Waals surface area contributed by atoms with Crippen molar-refractivity contribution in [3.05, 3.63) is 52.1 Å². The largest absolute Gasteiger partial charge is 0.478 e. The summed E-state index contributed by atoms with van der Waals surface area (Å²) in [7, 11) is 0. The molecule has 6 heteroatoms. The summed E-state index contributed by atoms with van der Waals surface area (Å²) in [5.41, 5.74) is 0.319. The van der Waals surface area contributed by atoms with E-state index in [2.05, 4.69) is 4.98 Å². The summed E-state index contributed by atoms with van der Waals surface area (Å²) in [5.74, 6) is -0.738. The number of hydrogen-bond acceptors (Lipinski definition) is 4. The van der Waals surface area contributed by atoms with E-state index >= 15 is 0 Å². The minimum absolute atomic E-state index is 0.0324. The van der Waals surface area contributed by atoms with Crippen LogP contribution in [-0.2, 0) is 0 Å². The minimum atomic E-state index is -1.03. The van der Waals surface area contributed by atoms with Gasteiger partial charge in [-0.25, -0.2) is 9.78 Å². The third-order valence-electron chi connectivity index (χ3n) is 3.50. The zero-order valence-corrected chi connectivity index (χ0v) is 11.4. The maximum atomic E-state index is 12.2. The highest BCUT2D eigenvalue weighted by atomic mass is 16.5. The smallest absolute Gasteiger partial charge is 0.336 e. The third kappa shape index (κ3) is 2.52. The third-order valence-corrected chi connectivity index (χ3v) is 3.50. The predicted octanol–water partition coefficient (Wildman–Crippen LogP) is 2.38. The Morgan fingerprint density at radius 1 is 1.43 bits per heavy atom. The molecule has 0 amide bonds. The van der Waals surface area contributed by atoms with E-state index < -0.39 is 5.97 Å². The van der Waals surface area contributed by atoms with Gasteiger partial charge in [0.15, 0.2) is 0 Å². The van der Waals surface area contributed by atoms with Gasteiger partial charge in [0.05, 0.1) is 5.56 Å². The van der Waals surface area contributed by atoms with Crippen molar-refractivity contribution in [1.82, 2.24) is 9.55 Å². The van der Waals surface area contributed by atoms with Gasteiger partial charge in [0.1, 0.15) is 5.75 Å². The van der Waals surface area contributed by atoms with Gasteiger partial charge in [-0.1, -0.05) is 6.07 Å². The molecule has 6 nitrogen and oxygen atoms in total. The molecule has 0 unspecified atom stereocenters. The molecule has 3 rings (SSSR count). The summed E-state index contributed by atoms with van der Waals surface area (Å²) in [6.07, 6.45) is 5.13. The molecular weight excluding hydrogens is 272 g/mol. The molecule has 1 aliphatic rings. The Hall–Kier alpha value is -2.63. The Morgan fingerprint density at radius 2 is 2.19 bits per heavy atom. The molecule has 0 saturated heterocycles. The van der Waals surface area contributed by atoms with Gasteiger partial charge >= 0.3 is 11.5 Å². The number of rotatable bonds is 4. The van der Waals surface area contributed by atoms with Crippen molar-refractivity contribution in [2.75, 3.05) is 0 Å². The van der Waals surface area contributed by atoms with Crippen LogP contribution in [0.3, 0.4) is 0 Å². The lowest BCUT2D eigenvalue weighted by molar-refractivity contribution is 0.0695. The van der Waals surface area contributed by atoms with E-state index in [9.17, 15) is 9.59 Å².